The van der Waals surface area contributed by atoms with Crippen LogP contribution in [-0.4, -0.2) is 44.8 Å². The van der Waals surface area contributed by atoms with E-state index < -0.39 is 17.8 Å². The van der Waals surface area contributed by atoms with Gasteiger partial charge in [-0.3, -0.25) is 0 Å². The number of aliphatic hydroxyl groups excluding tert-OH is 2. The van der Waals surface area contributed by atoms with E-state index in [1.54, 1.807) is 0 Å². The van der Waals surface area contributed by atoms with Crippen LogP contribution in [0.15, 0.2) is 11.6 Å². The molecule has 5 rings (SSSR count). The fourth-order valence-electron chi connectivity index (χ4n) is 9.43. The molecule has 0 aromatic rings. The molecule has 1 heterocycles. The Balaban J connectivity index is 1.43. The molecule has 1 spiro atoms. The standard InChI is InChI=1S/C28H46O4/c1-16(2)17(3)7-8-18(4)20-9-10-21-25(20,5)13-12-22-26(6)14-11-19(29)15-27(26,31)23(30)24-28(21,22)32-24/h7,16,18-24,29-31H,8-15H2,1-6H3/b17-7+/t18?,19-,20+,21?,22?,23-,24+,25+,26+,27-,28-/m0/s1. The normalized spacial score (nSPS) is 55.6. The molecule has 0 aromatic heterocycles. The second-order valence-electron chi connectivity index (χ2n) is 13.2. The zero-order valence-corrected chi connectivity index (χ0v) is 21.1. The molecule has 3 unspecified atom stereocenters. The van der Waals surface area contributed by atoms with Crippen LogP contribution in [0, 0.1) is 40.4 Å². The molecular weight excluding hydrogens is 400 g/mol. The number of fused-ring (bicyclic) bond motifs is 3. The maximum Gasteiger partial charge on any atom is 0.117 e. The van der Waals surface area contributed by atoms with Crippen molar-refractivity contribution in [2.45, 2.75) is 122 Å². The van der Waals surface area contributed by atoms with Gasteiger partial charge in [0.25, 0.3) is 0 Å². The van der Waals surface area contributed by atoms with E-state index in [9.17, 15) is 15.3 Å². The lowest BCUT2D eigenvalue weighted by atomic mass is 9.42. The molecule has 3 N–H and O–H groups in total. The van der Waals surface area contributed by atoms with Crippen LogP contribution in [0.2, 0.25) is 0 Å². The first-order chi connectivity index (χ1) is 14.9. The van der Waals surface area contributed by atoms with Gasteiger partial charge in [0.1, 0.15) is 23.4 Å². The maximum atomic E-state index is 11.7. The summed E-state index contributed by atoms with van der Waals surface area (Å²) in [6.45, 7) is 13.9. The summed E-state index contributed by atoms with van der Waals surface area (Å²) in [7, 11) is 0. The summed E-state index contributed by atoms with van der Waals surface area (Å²) in [5.41, 5.74) is -0.164. The zero-order chi connectivity index (χ0) is 23.3. The molecule has 5 aliphatic rings. The van der Waals surface area contributed by atoms with Crippen LogP contribution in [0.4, 0.5) is 0 Å². The predicted octanol–water partition coefficient (Wildman–Crippen LogP) is 4.85. The van der Waals surface area contributed by atoms with Gasteiger partial charge in [0.05, 0.1) is 6.10 Å². The van der Waals surface area contributed by atoms with Crippen molar-refractivity contribution in [3.63, 3.8) is 0 Å². The van der Waals surface area contributed by atoms with E-state index in [4.69, 9.17) is 4.74 Å². The van der Waals surface area contributed by atoms with E-state index in [1.807, 2.05) is 0 Å². The molecule has 5 fully saturated rings. The molecule has 0 radical (unpaired) electrons. The Kier molecular flexibility index (Phi) is 5.31. The van der Waals surface area contributed by atoms with Crippen molar-refractivity contribution in [3.8, 4) is 0 Å². The minimum atomic E-state index is -1.24. The molecule has 1 saturated heterocycles. The molecule has 4 aliphatic carbocycles. The average Bonchev–Trinajstić information content (AvgIpc) is 3.34. The first kappa shape index (κ1) is 23.3. The minimum Gasteiger partial charge on any atom is -0.393 e. The van der Waals surface area contributed by atoms with Crippen molar-refractivity contribution in [1.82, 2.24) is 0 Å². The summed E-state index contributed by atoms with van der Waals surface area (Å²) >= 11 is 0. The average molecular weight is 447 g/mol. The van der Waals surface area contributed by atoms with Gasteiger partial charge in [0.2, 0.25) is 0 Å². The van der Waals surface area contributed by atoms with E-state index in [-0.39, 0.29) is 34.9 Å². The van der Waals surface area contributed by atoms with E-state index in [0.29, 0.717) is 30.1 Å². The minimum absolute atomic E-state index is 0.240. The van der Waals surface area contributed by atoms with Gasteiger partial charge in [0, 0.05) is 11.8 Å². The van der Waals surface area contributed by atoms with Crippen molar-refractivity contribution in [2.24, 2.45) is 40.4 Å². The quantitative estimate of drug-likeness (QED) is 0.426. The number of ether oxygens (including phenoxy) is 1. The van der Waals surface area contributed by atoms with E-state index in [0.717, 1.165) is 19.3 Å². The summed E-state index contributed by atoms with van der Waals surface area (Å²) in [6.07, 6.45) is 8.36. The number of hydrogen-bond acceptors (Lipinski definition) is 4. The Morgan fingerprint density at radius 3 is 2.44 bits per heavy atom. The Labute approximate surface area is 194 Å². The summed E-state index contributed by atoms with van der Waals surface area (Å²) in [4.78, 5) is 0. The molecule has 1 aliphatic heterocycles. The van der Waals surface area contributed by atoms with Crippen molar-refractivity contribution in [3.05, 3.63) is 11.6 Å². The van der Waals surface area contributed by atoms with Gasteiger partial charge in [-0.1, -0.05) is 46.3 Å². The summed E-state index contributed by atoms with van der Waals surface area (Å²) in [5.74, 6) is 2.68. The molecule has 0 aromatic carbocycles. The molecule has 4 nitrogen and oxygen atoms in total. The van der Waals surface area contributed by atoms with Crippen LogP contribution in [0.3, 0.4) is 0 Å². The number of hydrogen-bond donors (Lipinski definition) is 3. The second-order valence-corrected chi connectivity index (χ2v) is 13.2. The molecule has 0 bridgehead atoms. The Morgan fingerprint density at radius 1 is 1.03 bits per heavy atom. The number of allylic oxidation sites excluding steroid dienone is 2. The van der Waals surface area contributed by atoms with Gasteiger partial charge in [0.15, 0.2) is 0 Å². The highest BCUT2D eigenvalue weighted by molar-refractivity contribution is 5.32. The highest BCUT2D eigenvalue weighted by Crippen LogP contribution is 2.76. The third-order valence-corrected chi connectivity index (χ3v) is 11.7. The van der Waals surface area contributed by atoms with Gasteiger partial charge in [-0.05, 0) is 86.9 Å². The number of epoxide rings is 1. The summed E-state index contributed by atoms with van der Waals surface area (Å²) < 4.78 is 6.57. The van der Waals surface area contributed by atoms with Crippen LogP contribution < -0.4 is 0 Å². The Bertz CT molecular complexity index is 792. The smallest absolute Gasteiger partial charge is 0.117 e. The molecular formula is C28H46O4. The van der Waals surface area contributed by atoms with Crippen molar-refractivity contribution in [1.29, 1.82) is 0 Å². The van der Waals surface area contributed by atoms with Crippen molar-refractivity contribution in [2.75, 3.05) is 0 Å². The van der Waals surface area contributed by atoms with Gasteiger partial charge in [-0.15, -0.1) is 0 Å². The third-order valence-electron chi connectivity index (χ3n) is 11.7. The lowest BCUT2D eigenvalue weighted by Gasteiger charge is -2.63. The van der Waals surface area contributed by atoms with Crippen LogP contribution >= 0.6 is 0 Å². The van der Waals surface area contributed by atoms with Gasteiger partial charge in [-0.2, -0.15) is 0 Å². The number of aliphatic hydroxyl groups is 3. The van der Waals surface area contributed by atoms with E-state index >= 15 is 0 Å². The molecule has 4 heteroatoms. The molecule has 32 heavy (non-hydrogen) atoms. The van der Waals surface area contributed by atoms with Crippen LogP contribution in [-0.2, 0) is 4.74 Å². The lowest BCUT2D eigenvalue weighted by Crippen LogP contribution is -2.72. The monoisotopic (exact) mass is 446 g/mol. The summed E-state index contributed by atoms with van der Waals surface area (Å²) in [5, 5.41) is 33.4. The molecule has 182 valence electrons. The molecule has 4 saturated carbocycles. The molecule has 11 atom stereocenters. The zero-order valence-electron chi connectivity index (χ0n) is 21.1. The molecule has 0 amide bonds. The first-order valence-corrected chi connectivity index (χ1v) is 13.3. The Hall–Kier alpha value is -0.420. The van der Waals surface area contributed by atoms with Gasteiger partial charge in [-0.25, -0.2) is 0 Å². The van der Waals surface area contributed by atoms with Crippen LogP contribution in [0.5, 0.6) is 0 Å². The third kappa shape index (κ3) is 2.82. The number of rotatable bonds is 4. The lowest BCUT2D eigenvalue weighted by molar-refractivity contribution is -0.246. The van der Waals surface area contributed by atoms with Crippen LogP contribution in [0.25, 0.3) is 0 Å². The highest BCUT2D eigenvalue weighted by atomic mass is 16.6. The van der Waals surface area contributed by atoms with Crippen molar-refractivity contribution >= 4 is 0 Å². The fraction of sp³-hybridized carbons (Fsp3) is 0.929. The predicted molar refractivity (Wildman–Crippen MR) is 126 cm³/mol. The fourth-order valence-corrected chi connectivity index (χ4v) is 9.43. The van der Waals surface area contributed by atoms with Crippen molar-refractivity contribution < 1.29 is 20.1 Å². The van der Waals surface area contributed by atoms with Gasteiger partial charge >= 0.3 is 0 Å². The first-order valence-electron chi connectivity index (χ1n) is 13.3. The Morgan fingerprint density at radius 2 is 1.75 bits per heavy atom. The second kappa shape index (κ2) is 7.29. The largest absolute Gasteiger partial charge is 0.393 e. The van der Waals surface area contributed by atoms with Gasteiger partial charge < -0.3 is 20.1 Å². The topological polar surface area (TPSA) is 73.2 Å². The van der Waals surface area contributed by atoms with E-state index in [1.165, 1.54) is 24.8 Å². The highest BCUT2D eigenvalue weighted by Gasteiger charge is 2.84. The SMILES string of the molecule is C/C(=C\CC(C)[C@H]1CCC2[C@@]34O[C@@H]3[C@H](O)[C@@]3(O)C[C@@H](O)CC[C@]3(C)C4CC[C@@]21C)C(C)C. The van der Waals surface area contributed by atoms with E-state index in [2.05, 4.69) is 47.6 Å². The summed E-state index contributed by atoms with van der Waals surface area (Å²) in [6, 6.07) is 0. The maximum absolute atomic E-state index is 11.7. The van der Waals surface area contributed by atoms with Crippen LogP contribution in [0.1, 0.15) is 92.9 Å².